The van der Waals surface area contributed by atoms with Crippen molar-refractivity contribution in [3.63, 3.8) is 0 Å². The third-order valence-electron chi connectivity index (χ3n) is 3.02. The minimum Gasteiger partial charge on any atom is -0.369 e. The van der Waals surface area contributed by atoms with Gasteiger partial charge < -0.3 is 11.1 Å². The van der Waals surface area contributed by atoms with Crippen LogP contribution < -0.4 is 11.1 Å². The lowest BCUT2D eigenvalue weighted by Crippen LogP contribution is -2.39. The van der Waals surface area contributed by atoms with Crippen LogP contribution >= 0.6 is 15.9 Å². The topological polar surface area (TPSA) is 75.4 Å². The van der Waals surface area contributed by atoms with Crippen LogP contribution in [0.5, 0.6) is 0 Å². The number of carbonyl (C=O) groups is 2. The fourth-order valence-corrected chi connectivity index (χ4v) is 2.19. The second kappa shape index (κ2) is 8.79. The number of nitrogens with one attached hydrogen (secondary N) is 1. The number of unbranched alkanes of at least 4 members (excludes halogenated alkanes) is 1. The van der Waals surface area contributed by atoms with Crippen molar-refractivity contribution in [2.45, 2.75) is 26.7 Å². The Bertz CT molecular complexity index is 506. The molecule has 1 aromatic rings. The van der Waals surface area contributed by atoms with Gasteiger partial charge in [-0.25, -0.2) is 0 Å². The molecule has 0 aliphatic carbocycles. The fourth-order valence-electron chi connectivity index (χ4n) is 1.94. The summed E-state index contributed by atoms with van der Waals surface area (Å²) in [6.45, 7) is 4.98. The van der Waals surface area contributed by atoms with E-state index < -0.39 is 5.91 Å². The van der Waals surface area contributed by atoms with Crippen molar-refractivity contribution in [2.75, 3.05) is 25.0 Å². The number of primary amides is 1. The first-order valence-electron chi connectivity index (χ1n) is 6.99. The summed E-state index contributed by atoms with van der Waals surface area (Å²) in [5.41, 5.74) is 7.01. The standard InChI is InChI=1S/C15H22BrN3O2/c1-3-4-7-19(9-14(17)20)10-15(21)18-12-5-6-13(16)11(2)8-12/h5-6,8H,3-4,7,9-10H2,1-2H3,(H2,17,20)(H,18,21). The average molecular weight is 356 g/mol. The molecule has 1 aromatic carbocycles. The van der Waals surface area contributed by atoms with Crippen LogP contribution in [0, 0.1) is 6.92 Å². The molecule has 0 radical (unpaired) electrons. The van der Waals surface area contributed by atoms with Gasteiger partial charge in [0.2, 0.25) is 11.8 Å². The molecule has 5 nitrogen and oxygen atoms in total. The van der Waals surface area contributed by atoms with Gasteiger partial charge in [-0.1, -0.05) is 29.3 Å². The maximum atomic E-state index is 12.0. The van der Waals surface area contributed by atoms with Crippen molar-refractivity contribution >= 4 is 33.4 Å². The van der Waals surface area contributed by atoms with E-state index in [1.54, 1.807) is 4.90 Å². The van der Waals surface area contributed by atoms with E-state index in [1.807, 2.05) is 25.1 Å². The van der Waals surface area contributed by atoms with Crippen molar-refractivity contribution in [3.05, 3.63) is 28.2 Å². The second-order valence-electron chi connectivity index (χ2n) is 5.04. The van der Waals surface area contributed by atoms with Crippen LogP contribution in [0.15, 0.2) is 22.7 Å². The molecule has 6 heteroatoms. The van der Waals surface area contributed by atoms with Crippen LogP contribution in [0.1, 0.15) is 25.3 Å². The third-order valence-corrected chi connectivity index (χ3v) is 3.91. The van der Waals surface area contributed by atoms with Gasteiger partial charge in [0.1, 0.15) is 0 Å². The predicted octanol–water partition coefficient (Wildman–Crippen LogP) is 2.28. The summed E-state index contributed by atoms with van der Waals surface area (Å²) in [4.78, 5) is 24.9. The van der Waals surface area contributed by atoms with Crippen LogP contribution in [-0.2, 0) is 9.59 Å². The van der Waals surface area contributed by atoms with E-state index in [9.17, 15) is 9.59 Å². The van der Waals surface area contributed by atoms with E-state index >= 15 is 0 Å². The van der Waals surface area contributed by atoms with Gasteiger partial charge in [0.05, 0.1) is 13.1 Å². The van der Waals surface area contributed by atoms with E-state index in [0.29, 0.717) is 6.54 Å². The number of aryl methyl sites for hydroxylation is 1. The van der Waals surface area contributed by atoms with Crippen molar-refractivity contribution in [3.8, 4) is 0 Å². The number of hydrogen-bond donors (Lipinski definition) is 2. The number of rotatable bonds is 8. The first-order chi connectivity index (χ1) is 9.92. The Labute approximate surface area is 134 Å². The highest BCUT2D eigenvalue weighted by Gasteiger charge is 2.13. The average Bonchev–Trinajstić information content (AvgIpc) is 2.39. The van der Waals surface area contributed by atoms with Gasteiger partial charge in [-0.3, -0.25) is 14.5 Å². The Morgan fingerprint density at radius 3 is 2.62 bits per heavy atom. The molecule has 0 aliphatic heterocycles. The monoisotopic (exact) mass is 355 g/mol. The number of benzene rings is 1. The number of hydrogen-bond acceptors (Lipinski definition) is 3. The van der Waals surface area contributed by atoms with Gasteiger partial charge in [0, 0.05) is 10.2 Å². The van der Waals surface area contributed by atoms with E-state index in [-0.39, 0.29) is 19.0 Å². The summed E-state index contributed by atoms with van der Waals surface area (Å²) in [5.74, 6) is -0.563. The lowest BCUT2D eigenvalue weighted by molar-refractivity contribution is -0.121. The summed E-state index contributed by atoms with van der Waals surface area (Å²) in [6.07, 6.45) is 1.93. The predicted molar refractivity (Wildman–Crippen MR) is 88.1 cm³/mol. The Morgan fingerprint density at radius 1 is 1.33 bits per heavy atom. The molecular formula is C15H22BrN3O2. The number of carbonyl (C=O) groups excluding carboxylic acids is 2. The highest BCUT2D eigenvalue weighted by molar-refractivity contribution is 9.10. The lowest BCUT2D eigenvalue weighted by Gasteiger charge is -2.19. The number of halogens is 1. The molecule has 0 heterocycles. The quantitative estimate of drug-likeness (QED) is 0.750. The normalized spacial score (nSPS) is 10.7. The highest BCUT2D eigenvalue weighted by atomic mass is 79.9. The Hall–Kier alpha value is -1.40. The van der Waals surface area contributed by atoms with E-state index in [4.69, 9.17) is 5.73 Å². The second-order valence-corrected chi connectivity index (χ2v) is 5.90. The minimum absolute atomic E-state index is 0.104. The van der Waals surface area contributed by atoms with Gasteiger partial charge in [-0.05, 0) is 43.7 Å². The Morgan fingerprint density at radius 2 is 2.05 bits per heavy atom. The summed E-state index contributed by atoms with van der Waals surface area (Å²) in [5, 5.41) is 2.84. The molecule has 0 spiro atoms. The van der Waals surface area contributed by atoms with Gasteiger partial charge >= 0.3 is 0 Å². The Kier molecular flexibility index (Phi) is 7.39. The third kappa shape index (κ3) is 6.73. The maximum absolute atomic E-state index is 12.0. The molecule has 2 amide bonds. The first kappa shape index (κ1) is 17.7. The molecule has 3 N–H and O–H groups in total. The summed E-state index contributed by atoms with van der Waals surface area (Å²) in [6, 6.07) is 5.62. The first-order valence-corrected chi connectivity index (χ1v) is 7.78. The van der Waals surface area contributed by atoms with Crippen LogP contribution in [0.3, 0.4) is 0 Å². The molecule has 0 saturated heterocycles. The van der Waals surface area contributed by atoms with Gasteiger partial charge in [0.15, 0.2) is 0 Å². The van der Waals surface area contributed by atoms with Crippen LogP contribution in [-0.4, -0.2) is 36.3 Å². The van der Waals surface area contributed by atoms with Crippen molar-refractivity contribution in [1.82, 2.24) is 4.90 Å². The molecular weight excluding hydrogens is 334 g/mol. The SMILES string of the molecule is CCCCN(CC(N)=O)CC(=O)Nc1ccc(Br)c(C)c1. The van der Waals surface area contributed by atoms with Crippen molar-refractivity contribution < 1.29 is 9.59 Å². The Balaban J connectivity index is 2.59. The van der Waals surface area contributed by atoms with E-state index in [2.05, 4.69) is 28.2 Å². The fraction of sp³-hybridized carbons (Fsp3) is 0.467. The highest BCUT2D eigenvalue weighted by Crippen LogP contribution is 2.19. The zero-order chi connectivity index (χ0) is 15.8. The van der Waals surface area contributed by atoms with E-state index in [0.717, 1.165) is 28.6 Å². The van der Waals surface area contributed by atoms with Crippen LogP contribution in [0.4, 0.5) is 5.69 Å². The van der Waals surface area contributed by atoms with Crippen molar-refractivity contribution in [1.29, 1.82) is 0 Å². The summed E-state index contributed by atoms with van der Waals surface area (Å²) in [7, 11) is 0. The molecule has 0 fully saturated rings. The smallest absolute Gasteiger partial charge is 0.238 e. The molecule has 0 aliphatic rings. The molecule has 0 aromatic heterocycles. The van der Waals surface area contributed by atoms with E-state index in [1.165, 1.54) is 0 Å². The molecule has 0 atom stereocenters. The van der Waals surface area contributed by atoms with Crippen LogP contribution in [0.25, 0.3) is 0 Å². The number of anilines is 1. The number of nitrogens with two attached hydrogens (primary N) is 1. The zero-order valence-corrected chi connectivity index (χ0v) is 14.1. The lowest BCUT2D eigenvalue weighted by atomic mass is 10.2. The molecule has 116 valence electrons. The molecule has 0 saturated carbocycles. The number of nitrogens with zero attached hydrogens (tertiary/aromatic N) is 1. The van der Waals surface area contributed by atoms with Gasteiger partial charge in [-0.2, -0.15) is 0 Å². The summed E-state index contributed by atoms with van der Waals surface area (Å²) >= 11 is 3.42. The number of amides is 2. The molecule has 0 unspecified atom stereocenters. The molecule has 21 heavy (non-hydrogen) atoms. The maximum Gasteiger partial charge on any atom is 0.238 e. The summed E-state index contributed by atoms with van der Waals surface area (Å²) < 4.78 is 0.999. The van der Waals surface area contributed by atoms with Crippen LogP contribution in [0.2, 0.25) is 0 Å². The minimum atomic E-state index is -0.418. The molecule has 0 bridgehead atoms. The van der Waals surface area contributed by atoms with Crippen molar-refractivity contribution in [2.24, 2.45) is 5.73 Å². The van der Waals surface area contributed by atoms with Gasteiger partial charge in [0.25, 0.3) is 0 Å². The zero-order valence-electron chi connectivity index (χ0n) is 12.5. The largest absolute Gasteiger partial charge is 0.369 e. The van der Waals surface area contributed by atoms with Gasteiger partial charge in [-0.15, -0.1) is 0 Å². The molecule has 1 rings (SSSR count).